The summed E-state index contributed by atoms with van der Waals surface area (Å²) in [5.41, 5.74) is 7.50. The van der Waals surface area contributed by atoms with Gasteiger partial charge in [0.25, 0.3) is 0 Å². The highest BCUT2D eigenvalue weighted by atomic mass is 14.9. The molecule has 0 unspecified atom stereocenters. The van der Waals surface area contributed by atoms with E-state index < -0.39 is 0 Å². The molecule has 2 aromatic heterocycles. The first kappa shape index (κ1) is 10.1. The molecule has 5 heteroatoms. The van der Waals surface area contributed by atoms with Gasteiger partial charge >= 0.3 is 0 Å². The number of aromatic nitrogens is 2. The van der Waals surface area contributed by atoms with Crippen LogP contribution in [0.15, 0.2) is 24.3 Å². The van der Waals surface area contributed by atoms with Crippen LogP contribution in [0.4, 0.5) is 5.82 Å². The van der Waals surface area contributed by atoms with Crippen molar-refractivity contribution in [2.75, 3.05) is 5.73 Å². The van der Waals surface area contributed by atoms with E-state index in [1.165, 1.54) is 0 Å². The summed E-state index contributed by atoms with van der Waals surface area (Å²) < 4.78 is 0. The van der Waals surface area contributed by atoms with Crippen molar-refractivity contribution >= 4 is 27.8 Å². The molecule has 3 aromatic rings. The van der Waals surface area contributed by atoms with Gasteiger partial charge in [0.05, 0.1) is 5.56 Å². The van der Waals surface area contributed by atoms with Crippen molar-refractivity contribution in [1.82, 2.24) is 9.97 Å². The number of anilines is 1. The number of fused-ring (bicyclic) bond motifs is 3. The molecule has 0 aliphatic heterocycles. The minimum atomic E-state index is 0.0770. The maximum absolute atomic E-state index is 9.25. The molecule has 0 radical (unpaired) electrons. The second-order valence-electron chi connectivity index (χ2n) is 3.86. The van der Waals surface area contributed by atoms with E-state index in [0.717, 1.165) is 10.9 Å². The number of aromatic amines is 1. The molecular weight excluding hydrogens is 226 g/mol. The number of nitriles is 2. The summed E-state index contributed by atoms with van der Waals surface area (Å²) in [4.78, 5) is 7.23. The van der Waals surface area contributed by atoms with E-state index in [0.29, 0.717) is 11.0 Å². The number of pyridine rings is 1. The highest BCUT2D eigenvalue weighted by Crippen LogP contribution is 2.30. The first-order valence-corrected chi connectivity index (χ1v) is 5.26. The zero-order valence-corrected chi connectivity index (χ0v) is 9.23. The van der Waals surface area contributed by atoms with E-state index in [4.69, 9.17) is 11.0 Å². The van der Waals surface area contributed by atoms with Crippen LogP contribution in [0, 0.1) is 22.7 Å². The summed E-state index contributed by atoms with van der Waals surface area (Å²) in [6.07, 6.45) is 0. The zero-order chi connectivity index (χ0) is 12.7. The molecule has 0 saturated heterocycles. The Hall–Kier alpha value is -3.05. The number of benzene rings is 1. The Morgan fingerprint density at radius 2 is 1.83 bits per heavy atom. The Balaban J connectivity index is 2.65. The second-order valence-corrected chi connectivity index (χ2v) is 3.86. The normalized spacial score (nSPS) is 10.3. The first-order valence-electron chi connectivity index (χ1n) is 5.26. The van der Waals surface area contributed by atoms with Gasteiger partial charge in [0.1, 0.15) is 29.2 Å². The van der Waals surface area contributed by atoms with Crippen molar-refractivity contribution < 1.29 is 0 Å². The molecule has 0 fully saturated rings. The molecule has 3 N–H and O–H groups in total. The fourth-order valence-corrected chi connectivity index (χ4v) is 2.12. The number of rotatable bonds is 0. The van der Waals surface area contributed by atoms with Gasteiger partial charge in [-0.2, -0.15) is 10.5 Å². The van der Waals surface area contributed by atoms with Gasteiger partial charge in [-0.1, -0.05) is 18.2 Å². The SMILES string of the molecule is N#Cc1c(N)nc2[nH]c3ccccc3c2c1C#N. The number of nitrogens with two attached hydrogens (primary N) is 1. The Bertz CT molecular complexity index is 861. The molecular formula is C13H7N5. The minimum absolute atomic E-state index is 0.0770. The van der Waals surface area contributed by atoms with Crippen LogP contribution in [0.3, 0.4) is 0 Å². The number of hydrogen-bond acceptors (Lipinski definition) is 4. The third kappa shape index (κ3) is 1.16. The predicted molar refractivity (Wildman–Crippen MR) is 67.4 cm³/mol. The summed E-state index contributed by atoms with van der Waals surface area (Å²) in [6, 6.07) is 11.5. The van der Waals surface area contributed by atoms with E-state index in [9.17, 15) is 5.26 Å². The quantitative estimate of drug-likeness (QED) is 0.620. The number of nitrogens with zero attached hydrogens (tertiary/aromatic N) is 3. The van der Waals surface area contributed by atoms with Crippen molar-refractivity contribution in [2.24, 2.45) is 0 Å². The average Bonchev–Trinajstić information content (AvgIpc) is 2.74. The zero-order valence-electron chi connectivity index (χ0n) is 9.23. The van der Waals surface area contributed by atoms with Gasteiger partial charge in [0.2, 0.25) is 0 Å². The molecule has 0 spiro atoms. The van der Waals surface area contributed by atoms with Gasteiger partial charge in [0, 0.05) is 16.3 Å². The van der Waals surface area contributed by atoms with Crippen molar-refractivity contribution in [3.05, 3.63) is 35.4 Å². The monoisotopic (exact) mass is 233 g/mol. The largest absolute Gasteiger partial charge is 0.382 e. The molecule has 84 valence electrons. The van der Waals surface area contributed by atoms with Gasteiger partial charge in [-0.25, -0.2) is 4.98 Å². The molecule has 0 amide bonds. The van der Waals surface area contributed by atoms with E-state index in [-0.39, 0.29) is 16.9 Å². The standard InChI is InChI=1S/C13H7N5/c14-5-8-9(6-15)12(16)18-13-11(8)7-3-1-2-4-10(7)17-13/h1-4H,(H3,16,17,18). The van der Waals surface area contributed by atoms with Crippen LogP contribution >= 0.6 is 0 Å². The summed E-state index contributed by atoms with van der Waals surface area (Å²) in [7, 11) is 0. The third-order valence-corrected chi connectivity index (χ3v) is 2.90. The van der Waals surface area contributed by atoms with Crippen LogP contribution in [-0.2, 0) is 0 Å². The molecule has 0 saturated carbocycles. The Morgan fingerprint density at radius 3 is 2.56 bits per heavy atom. The first-order chi connectivity index (χ1) is 8.76. The van der Waals surface area contributed by atoms with Gasteiger partial charge in [-0.3, -0.25) is 0 Å². The lowest BCUT2D eigenvalue weighted by atomic mass is 10.0. The number of para-hydroxylation sites is 1. The van der Waals surface area contributed by atoms with Gasteiger partial charge < -0.3 is 10.7 Å². The fourth-order valence-electron chi connectivity index (χ4n) is 2.12. The van der Waals surface area contributed by atoms with Crippen molar-refractivity contribution in [3.8, 4) is 12.1 Å². The maximum atomic E-state index is 9.25. The molecule has 5 nitrogen and oxygen atoms in total. The number of nitrogen functional groups attached to an aromatic ring is 1. The molecule has 0 aliphatic rings. The third-order valence-electron chi connectivity index (χ3n) is 2.90. The highest BCUT2D eigenvalue weighted by Gasteiger charge is 2.16. The van der Waals surface area contributed by atoms with Crippen LogP contribution < -0.4 is 5.73 Å². The molecule has 2 heterocycles. The Kier molecular flexibility index (Phi) is 1.95. The number of hydrogen-bond donors (Lipinski definition) is 2. The summed E-state index contributed by atoms with van der Waals surface area (Å²) in [5, 5.41) is 19.8. The lowest BCUT2D eigenvalue weighted by molar-refractivity contribution is 1.32. The van der Waals surface area contributed by atoms with Crippen LogP contribution in [-0.4, -0.2) is 9.97 Å². The van der Waals surface area contributed by atoms with E-state index in [1.54, 1.807) is 0 Å². The van der Waals surface area contributed by atoms with Crippen LogP contribution in [0.5, 0.6) is 0 Å². The Morgan fingerprint density at radius 1 is 1.11 bits per heavy atom. The highest BCUT2D eigenvalue weighted by molar-refractivity contribution is 6.09. The second kappa shape index (κ2) is 3.47. The van der Waals surface area contributed by atoms with Gasteiger partial charge in [-0.15, -0.1) is 0 Å². The maximum Gasteiger partial charge on any atom is 0.145 e. The summed E-state index contributed by atoms with van der Waals surface area (Å²) in [6.45, 7) is 0. The number of nitrogens with one attached hydrogen (secondary N) is 1. The van der Waals surface area contributed by atoms with Gasteiger partial charge in [-0.05, 0) is 6.07 Å². The lowest BCUT2D eigenvalue weighted by Gasteiger charge is -2.00. The number of H-pyrrole nitrogens is 1. The minimum Gasteiger partial charge on any atom is -0.382 e. The predicted octanol–water partition coefficient (Wildman–Crippen LogP) is 2.04. The smallest absolute Gasteiger partial charge is 0.145 e. The molecule has 0 bridgehead atoms. The van der Waals surface area contributed by atoms with E-state index in [2.05, 4.69) is 9.97 Å². The van der Waals surface area contributed by atoms with Crippen LogP contribution in [0.25, 0.3) is 21.9 Å². The lowest BCUT2D eigenvalue weighted by Crippen LogP contribution is -1.98. The summed E-state index contributed by atoms with van der Waals surface area (Å²) >= 11 is 0. The van der Waals surface area contributed by atoms with E-state index >= 15 is 0 Å². The molecule has 1 aromatic carbocycles. The van der Waals surface area contributed by atoms with Crippen molar-refractivity contribution in [1.29, 1.82) is 10.5 Å². The molecule has 0 atom stereocenters. The van der Waals surface area contributed by atoms with Crippen LogP contribution in [0.2, 0.25) is 0 Å². The molecule has 18 heavy (non-hydrogen) atoms. The van der Waals surface area contributed by atoms with Crippen molar-refractivity contribution in [2.45, 2.75) is 0 Å². The molecule has 0 aliphatic carbocycles. The Labute approximate surface area is 102 Å². The van der Waals surface area contributed by atoms with E-state index in [1.807, 2.05) is 36.4 Å². The van der Waals surface area contributed by atoms with Crippen molar-refractivity contribution in [3.63, 3.8) is 0 Å². The average molecular weight is 233 g/mol. The summed E-state index contributed by atoms with van der Waals surface area (Å²) in [5.74, 6) is 0.0770. The van der Waals surface area contributed by atoms with Gasteiger partial charge in [0.15, 0.2) is 0 Å². The van der Waals surface area contributed by atoms with Crippen LogP contribution in [0.1, 0.15) is 11.1 Å². The fraction of sp³-hybridized carbons (Fsp3) is 0. The molecule has 3 rings (SSSR count). The topological polar surface area (TPSA) is 102 Å².